The average molecular weight is 394 g/mol. The maximum absolute atomic E-state index is 13.2. The second-order valence-corrected chi connectivity index (χ2v) is 8.80. The van der Waals surface area contributed by atoms with Gasteiger partial charge in [-0.25, -0.2) is 0 Å². The van der Waals surface area contributed by atoms with Crippen LogP contribution in [0, 0.1) is 5.92 Å². The highest BCUT2D eigenvalue weighted by atomic mass is 19.4. The fourth-order valence-electron chi connectivity index (χ4n) is 4.28. The quantitative estimate of drug-likeness (QED) is 0.690. The number of benzene rings is 1. The van der Waals surface area contributed by atoms with Crippen LogP contribution in [0.2, 0.25) is 0 Å². The molecule has 2 saturated carbocycles. The van der Waals surface area contributed by atoms with Crippen molar-refractivity contribution in [3.8, 4) is 0 Å². The van der Waals surface area contributed by atoms with Crippen LogP contribution in [0.1, 0.15) is 67.3 Å². The predicted molar refractivity (Wildman–Crippen MR) is 102 cm³/mol. The fraction of sp³-hybridized carbons (Fsp3) is 0.682. The molecular weight excluding hydrogens is 365 g/mol. The van der Waals surface area contributed by atoms with Gasteiger partial charge in [-0.1, -0.05) is 12.1 Å². The zero-order valence-electron chi connectivity index (χ0n) is 16.4. The highest BCUT2D eigenvalue weighted by Crippen LogP contribution is 2.36. The summed E-state index contributed by atoms with van der Waals surface area (Å²) >= 11 is 0. The van der Waals surface area contributed by atoms with Crippen LogP contribution in [0.3, 0.4) is 0 Å². The highest BCUT2D eigenvalue weighted by Gasteiger charge is 2.40. The van der Waals surface area contributed by atoms with E-state index in [2.05, 4.69) is 4.90 Å². The van der Waals surface area contributed by atoms with Crippen molar-refractivity contribution in [3.63, 3.8) is 0 Å². The van der Waals surface area contributed by atoms with E-state index in [1.165, 1.54) is 31.5 Å². The molecule has 1 unspecified atom stereocenters. The number of nitrogens with zero attached hydrogens (tertiary/aromatic N) is 2. The van der Waals surface area contributed by atoms with E-state index in [0.717, 1.165) is 51.6 Å². The summed E-state index contributed by atoms with van der Waals surface area (Å²) in [5.41, 5.74) is 0.709. The molecule has 1 saturated heterocycles. The number of amides is 1. The van der Waals surface area contributed by atoms with Crippen LogP contribution < -0.4 is 0 Å². The lowest BCUT2D eigenvalue weighted by atomic mass is 9.98. The summed E-state index contributed by atoms with van der Waals surface area (Å²) in [5.74, 6) is -0.656. The van der Waals surface area contributed by atoms with Crippen LogP contribution >= 0.6 is 0 Å². The van der Waals surface area contributed by atoms with Crippen LogP contribution in [-0.4, -0.2) is 53.6 Å². The third-order valence-corrected chi connectivity index (χ3v) is 6.49. The molecule has 0 bridgehead atoms. The average Bonchev–Trinajstić information content (AvgIpc) is 3.58. The van der Waals surface area contributed by atoms with Crippen molar-refractivity contribution in [2.45, 2.75) is 69.6 Å². The second-order valence-electron chi connectivity index (χ2n) is 8.80. The number of hydrogen-bond donors (Lipinski definition) is 0. The van der Waals surface area contributed by atoms with Crippen molar-refractivity contribution < 1.29 is 18.0 Å². The van der Waals surface area contributed by atoms with Gasteiger partial charge in [0.05, 0.1) is 5.92 Å². The normalized spacial score (nSPS) is 22.9. The molecule has 3 aliphatic rings. The minimum atomic E-state index is -4.26. The first-order valence-electron chi connectivity index (χ1n) is 10.5. The van der Waals surface area contributed by atoms with E-state index in [1.54, 1.807) is 12.1 Å². The number of halogens is 3. The first-order chi connectivity index (χ1) is 13.3. The van der Waals surface area contributed by atoms with Crippen LogP contribution in [0.5, 0.6) is 0 Å². The SMILES string of the molecule is CC(c1ccc(C(=O)N(C2CC2)C2CCN(CC3CC3)CC2)cc1)C(F)(F)F. The Kier molecular flexibility index (Phi) is 5.43. The van der Waals surface area contributed by atoms with E-state index in [0.29, 0.717) is 11.6 Å². The Hall–Kier alpha value is -1.56. The number of likely N-dealkylation sites (tertiary alicyclic amines) is 1. The summed E-state index contributed by atoms with van der Waals surface area (Å²) in [6.07, 6.45) is 2.52. The lowest BCUT2D eigenvalue weighted by Gasteiger charge is -2.39. The molecule has 1 amide bonds. The lowest BCUT2D eigenvalue weighted by molar-refractivity contribution is -0.146. The van der Waals surface area contributed by atoms with Gasteiger partial charge in [0.15, 0.2) is 0 Å². The Morgan fingerprint density at radius 3 is 2.11 bits per heavy atom. The second kappa shape index (κ2) is 7.69. The molecule has 3 fully saturated rings. The van der Waals surface area contributed by atoms with Gasteiger partial charge >= 0.3 is 6.18 Å². The largest absolute Gasteiger partial charge is 0.395 e. The molecule has 0 aromatic heterocycles. The van der Waals surface area contributed by atoms with E-state index >= 15 is 0 Å². The van der Waals surface area contributed by atoms with Crippen LogP contribution in [-0.2, 0) is 0 Å². The topological polar surface area (TPSA) is 23.6 Å². The van der Waals surface area contributed by atoms with Gasteiger partial charge in [-0.05, 0) is 69.1 Å². The van der Waals surface area contributed by atoms with Gasteiger partial charge in [-0.3, -0.25) is 4.79 Å². The van der Waals surface area contributed by atoms with E-state index in [4.69, 9.17) is 0 Å². The van der Waals surface area contributed by atoms with E-state index in [-0.39, 0.29) is 17.5 Å². The van der Waals surface area contributed by atoms with Gasteiger partial charge in [0.25, 0.3) is 5.91 Å². The summed E-state index contributed by atoms with van der Waals surface area (Å²) in [6.45, 7) is 4.44. The number of hydrogen-bond acceptors (Lipinski definition) is 2. The predicted octanol–water partition coefficient (Wildman–Crippen LogP) is 4.83. The smallest absolute Gasteiger partial charge is 0.333 e. The molecule has 4 rings (SSSR count). The van der Waals surface area contributed by atoms with Gasteiger partial charge in [0.2, 0.25) is 0 Å². The first-order valence-corrected chi connectivity index (χ1v) is 10.5. The maximum Gasteiger partial charge on any atom is 0.395 e. The van der Waals surface area contributed by atoms with Gasteiger partial charge in [0, 0.05) is 37.3 Å². The van der Waals surface area contributed by atoms with Crippen LogP contribution in [0.4, 0.5) is 13.2 Å². The van der Waals surface area contributed by atoms with Crippen molar-refractivity contribution >= 4 is 5.91 Å². The zero-order valence-corrected chi connectivity index (χ0v) is 16.4. The minimum Gasteiger partial charge on any atom is -0.333 e. The summed E-state index contributed by atoms with van der Waals surface area (Å²) in [6, 6.07) is 6.60. The number of alkyl halides is 3. The number of piperidine rings is 1. The Balaban J connectivity index is 1.41. The molecule has 1 aromatic rings. The van der Waals surface area contributed by atoms with E-state index in [1.807, 2.05) is 4.90 Å². The maximum atomic E-state index is 13.2. The van der Waals surface area contributed by atoms with Crippen molar-refractivity contribution in [2.75, 3.05) is 19.6 Å². The zero-order chi connectivity index (χ0) is 19.9. The molecule has 2 aliphatic carbocycles. The molecule has 154 valence electrons. The highest BCUT2D eigenvalue weighted by molar-refractivity contribution is 5.95. The number of rotatable bonds is 6. The Bertz CT molecular complexity index is 687. The molecule has 3 nitrogen and oxygen atoms in total. The Morgan fingerprint density at radius 1 is 1.04 bits per heavy atom. The molecular formula is C22H29F3N2O. The van der Waals surface area contributed by atoms with Gasteiger partial charge in [-0.2, -0.15) is 13.2 Å². The molecule has 0 N–H and O–H groups in total. The van der Waals surface area contributed by atoms with Crippen LogP contribution in [0.25, 0.3) is 0 Å². The van der Waals surface area contributed by atoms with Crippen molar-refractivity contribution in [3.05, 3.63) is 35.4 Å². The standard InChI is InChI=1S/C22H29F3N2O/c1-15(22(23,24)25)17-4-6-18(7-5-17)21(28)27(19-8-9-19)20-10-12-26(13-11-20)14-16-2-3-16/h4-7,15-16,19-20H,2-3,8-14H2,1H3. The van der Waals surface area contributed by atoms with Crippen molar-refractivity contribution in [1.29, 1.82) is 0 Å². The lowest BCUT2D eigenvalue weighted by Crippen LogP contribution is -2.48. The summed E-state index contributed by atoms with van der Waals surface area (Å²) < 4.78 is 38.7. The monoisotopic (exact) mass is 394 g/mol. The van der Waals surface area contributed by atoms with Gasteiger partial charge in [0.1, 0.15) is 0 Å². The number of carbonyl (C=O) groups excluding carboxylic acids is 1. The van der Waals surface area contributed by atoms with Crippen molar-refractivity contribution in [2.24, 2.45) is 5.92 Å². The Morgan fingerprint density at radius 2 is 1.61 bits per heavy atom. The van der Waals surface area contributed by atoms with Crippen molar-refractivity contribution in [1.82, 2.24) is 9.80 Å². The minimum absolute atomic E-state index is 0.0191. The molecule has 6 heteroatoms. The molecule has 0 spiro atoms. The molecule has 0 radical (unpaired) electrons. The number of carbonyl (C=O) groups is 1. The molecule has 28 heavy (non-hydrogen) atoms. The summed E-state index contributed by atoms with van der Waals surface area (Å²) in [7, 11) is 0. The van der Waals surface area contributed by atoms with Crippen LogP contribution in [0.15, 0.2) is 24.3 Å². The van der Waals surface area contributed by atoms with E-state index in [9.17, 15) is 18.0 Å². The van der Waals surface area contributed by atoms with Gasteiger partial charge < -0.3 is 9.80 Å². The third kappa shape index (κ3) is 4.53. The van der Waals surface area contributed by atoms with E-state index < -0.39 is 12.1 Å². The Labute approximate surface area is 164 Å². The molecule has 1 aliphatic heterocycles. The molecule has 1 heterocycles. The van der Waals surface area contributed by atoms with Gasteiger partial charge in [-0.15, -0.1) is 0 Å². The third-order valence-electron chi connectivity index (χ3n) is 6.49. The summed E-state index contributed by atoms with van der Waals surface area (Å²) in [4.78, 5) is 17.7. The molecule has 1 atom stereocenters. The summed E-state index contributed by atoms with van der Waals surface area (Å²) in [5, 5.41) is 0. The fourth-order valence-corrected chi connectivity index (χ4v) is 4.28. The first kappa shape index (κ1) is 19.7. The molecule has 1 aromatic carbocycles.